The number of aromatic nitrogens is 4. The van der Waals surface area contributed by atoms with E-state index in [1.54, 1.807) is 18.3 Å². The van der Waals surface area contributed by atoms with Crippen LogP contribution in [-0.4, -0.2) is 33.3 Å². The summed E-state index contributed by atoms with van der Waals surface area (Å²) in [6.45, 7) is 18.8. The van der Waals surface area contributed by atoms with Crippen LogP contribution in [0, 0.1) is 11.7 Å². The van der Waals surface area contributed by atoms with E-state index in [1.807, 2.05) is 31.2 Å². The number of aromatic amines is 2. The molecular formula is C36H39FN6. The summed E-state index contributed by atoms with van der Waals surface area (Å²) in [5, 5.41) is 17.1. The van der Waals surface area contributed by atoms with Gasteiger partial charge in [-0.2, -0.15) is 5.10 Å². The molecule has 0 atom stereocenters. The molecule has 7 heteroatoms. The topological polar surface area (TPSA) is 81.4 Å². The van der Waals surface area contributed by atoms with Crippen molar-refractivity contribution < 1.29 is 4.39 Å². The van der Waals surface area contributed by atoms with Crippen molar-refractivity contribution in [1.82, 2.24) is 30.8 Å². The molecule has 3 aromatic heterocycles. The second kappa shape index (κ2) is 13.5. The second-order valence-corrected chi connectivity index (χ2v) is 11.0. The fraction of sp³-hybridized carbons (Fsp3) is 0.222. The molecule has 0 saturated carbocycles. The Morgan fingerprint density at radius 3 is 2.65 bits per heavy atom. The van der Waals surface area contributed by atoms with Gasteiger partial charge >= 0.3 is 0 Å². The minimum absolute atomic E-state index is 0.264. The van der Waals surface area contributed by atoms with E-state index in [4.69, 9.17) is 0 Å². The first-order chi connectivity index (χ1) is 20.9. The Bertz CT molecular complexity index is 1830. The lowest BCUT2D eigenvalue weighted by atomic mass is 9.93. The molecule has 5 rings (SSSR count). The number of allylic oxidation sites excluding steroid dienone is 7. The smallest absolute Gasteiger partial charge is 0.138 e. The Hall–Kier alpha value is -4.75. The highest BCUT2D eigenvalue weighted by Gasteiger charge is 2.15. The number of hydrogen-bond acceptors (Lipinski definition) is 4. The predicted octanol–water partition coefficient (Wildman–Crippen LogP) is 6.41. The summed E-state index contributed by atoms with van der Waals surface area (Å²) in [5.74, 6) is 0.401. The quantitative estimate of drug-likeness (QED) is 0.165. The van der Waals surface area contributed by atoms with E-state index in [9.17, 15) is 4.39 Å². The summed E-state index contributed by atoms with van der Waals surface area (Å²) < 4.78 is 13.5. The first kappa shape index (κ1) is 29.7. The highest BCUT2D eigenvalue weighted by molar-refractivity contribution is 5.95. The average Bonchev–Trinajstić information content (AvgIpc) is 3.61. The molecule has 1 aliphatic rings. The molecular weight excluding hydrogens is 535 g/mol. The maximum atomic E-state index is 13.5. The number of pyridine rings is 1. The van der Waals surface area contributed by atoms with Gasteiger partial charge in [0.15, 0.2) is 0 Å². The Morgan fingerprint density at radius 2 is 1.93 bits per heavy atom. The first-order valence-electron chi connectivity index (χ1n) is 14.7. The predicted molar refractivity (Wildman–Crippen MR) is 177 cm³/mol. The van der Waals surface area contributed by atoms with Crippen LogP contribution in [0.15, 0.2) is 103 Å². The highest BCUT2D eigenvalue weighted by atomic mass is 19.1. The molecule has 4 aromatic rings. The van der Waals surface area contributed by atoms with Crippen LogP contribution in [-0.2, 0) is 0 Å². The monoisotopic (exact) mass is 574 g/mol. The Labute approximate surface area is 252 Å². The van der Waals surface area contributed by atoms with Gasteiger partial charge < -0.3 is 15.6 Å². The summed E-state index contributed by atoms with van der Waals surface area (Å²) in [6, 6.07) is 10.4. The number of fused-ring (bicyclic) bond motifs is 1. The Kier molecular flexibility index (Phi) is 9.32. The van der Waals surface area contributed by atoms with Crippen LogP contribution in [0.3, 0.4) is 0 Å². The van der Waals surface area contributed by atoms with Crippen molar-refractivity contribution in [3.05, 3.63) is 119 Å². The van der Waals surface area contributed by atoms with E-state index in [0.29, 0.717) is 5.92 Å². The molecule has 220 valence electrons. The fourth-order valence-corrected chi connectivity index (χ4v) is 5.51. The van der Waals surface area contributed by atoms with Crippen LogP contribution in [0.5, 0.6) is 0 Å². The molecule has 0 bridgehead atoms. The minimum Gasteiger partial charge on any atom is -0.359 e. The zero-order chi connectivity index (χ0) is 30.3. The lowest BCUT2D eigenvalue weighted by Crippen LogP contribution is -2.28. The van der Waals surface area contributed by atoms with Gasteiger partial charge in [0.25, 0.3) is 0 Å². The van der Waals surface area contributed by atoms with E-state index in [0.717, 1.165) is 86.2 Å². The maximum Gasteiger partial charge on any atom is 0.138 e. The van der Waals surface area contributed by atoms with Crippen LogP contribution in [0.2, 0.25) is 0 Å². The third-order valence-corrected chi connectivity index (χ3v) is 7.95. The Balaban J connectivity index is 1.35. The molecule has 6 nitrogen and oxygen atoms in total. The molecule has 1 fully saturated rings. The number of nitrogens with one attached hydrogen (secondary N) is 4. The van der Waals surface area contributed by atoms with Gasteiger partial charge in [0.1, 0.15) is 17.2 Å². The van der Waals surface area contributed by atoms with E-state index in [-0.39, 0.29) is 5.82 Å². The standard InChI is InChI=1S/C36H39FN6/c1-6-27(21-30(7-2)40-24(4)20-26-14-17-38-18-15-26)23(3)8-13-33-25(5)35(43-42-33)34-22-32-31(16-19-39-36(32)41-34)28-9-11-29(37)12-10-28/h6-13,16,19,21-22,26,38,40,42H,2,4-5,14-15,17-18,20H2,1,3H3,(H,39,41)/b23-8+,27-6+,30-21+,33-13+. The zero-order valence-corrected chi connectivity index (χ0v) is 24.9. The van der Waals surface area contributed by atoms with Gasteiger partial charge in [-0.3, -0.25) is 5.10 Å². The number of rotatable bonds is 10. The molecule has 0 spiro atoms. The largest absolute Gasteiger partial charge is 0.359 e. The summed E-state index contributed by atoms with van der Waals surface area (Å²) in [7, 11) is 0. The summed E-state index contributed by atoms with van der Waals surface area (Å²) in [6.07, 6.45) is 15.1. The summed E-state index contributed by atoms with van der Waals surface area (Å²) in [4.78, 5) is 7.86. The van der Waals surface area contributed by atoms with Crippen LogP contribution in [0.4, 0.5) is 4.39 Å². The highest BCUT2D eigenvalue weighted by Crippen LogP contribution is 2.30. The number of benzene rings is 1. The van der Waals surface area contributed by atoms with Crippen LogP contribution in [0.1, 0.15) is 33.1 Å². The third-order valence-electron chi connectivity index (χ3n) is 7.95. The van der Waals surface area contributed by atoms with Gasteiger partial charge in [-0.1, -0.05) is 44.0 Å². The third kappa shape index (κ3) is 7.01. The van der Waals surface area contributed by atoms with Crippen molar-refractivity contribution >= 4 is 23.7 Å². The number of hydrogen-bond donors (Lipinski definition) is 4. The van der Waals surface area contributed by atoms with Crippen molar-refractivity contribution in [2.75, 3.05) is 13.1 Å². The Morgan fingerprint density at radius 1 is 1.16 bits per heavy atom. The molecule has 4 heterocycles. The van der Waals surface area contributed by atoms with Crippen molar-refractivity contribution in [3.8, 4) is 22.5 Å². The molecule has 0 aliphatic carbocycles. The molecule has 0 unspecified atom stereocenters. The maximum absolute atomic E-state index is 13.5. The van der Waals surface area contributed by atoms with E-state index in [1.165, 1.54) is 25.0 Å². The number of nitrogens with zero attached hydrogens (tertiary/aromatic N) is 2. The van der Waals surface area contributed by atoms with Crippen molar-refractivity contribution in [2.24, 2.45) is 5.92 Å². The van der Waals surface area contributed by atoms with Gasteiger partial charge in [0.2, 0.25) is 0 Å². The zero-order valence-electron chi connectivity index (χ0n) is 24.9. The first-order valence-corrected chi connectivity index (χ1v) is 14.7. The molecule has 1 aromatic carbocycles. The lowest BCUT2D eigenvalue weighted by Gasteiger charge is -2.24. The van der Waals surface area contributed by atoms with Crippen LogP contribution < -0.4 is 21.2 Å². The lowest BCUT2D eigenvalue weighted by molar-refractivity contribution is 0.368. The second-order valence-electron chi connectivity index (χ2n) is 11.0. The summed E-state index contributed by atoms with van der Waals surface area (Å²) >= 11 is 0. The van der Waals surface area contributed by atoms with E-state index < -0.39 is 0 Å². The van der Waals surface area contributed by atoms with Crippen molar-refractivity contribution in [3.63, 3.8) is 0 Å². The molecule has 1 saturated heterocycles. The van der Waals surface area contributed by atoms with Crippen LogP contribution in [0.25, 0.3) is 46.2 Å². The number of piperidine rings is 1. The SMILES string of the molecule is C=C\C(=C/C(=C\C)C(/C)=C/C=c1/[nH]nc(-c2cc3c(-c4ccc(F)cc4)ccnc3[nH]2)c1=C)NC(=C)CC1CCNCC1. The molecule has 1 aliphatic heterocycles. The van der Waals surface area contributed by atoms with Gasteiger partial charge in [0.05, 0.1) is 11.0 Å². The number of halogens is 1. The fourth-order valence-electron chi connectivity index (χ4n) is 5.51. The van der Waals surface area contributed by atoms with Gasteiger partial charge in [-0.25, -0.2) is 9.37 Å². The van der Waals surface area contributed by atoms with Gasteiger partial charge in [-0.15, -0.1) is 0 Å². The normalized spacial score (nSPS) is 15.7. The van der Waals surface area contributed by atoms with E-state index in [2.05, 4.69) is 75.7 Å². The molecule has 0 amide bonds. The molecule has 43 heavy (non-hydrogen) atoms. The van der Waals surface area contributed by atoms with E-state index >= 15 is 0 Å². The van der Waals surface area contributed by atoms with Crippen molar-refractivity contribution in [2.45, 2.75) is 33.1 Å². The van der Waals surface area contributed by atoms with Crippen molar-refractivity contribution in [1.29, 1.82) is 0 Å². The molecule has 4 N–H and O–H groups in total. The van der Waals surface area contributed by atoms with Crippen LogP contribution >= 0.6 is 0 Å². The minimum atomic E-state index is -0.264. The van der Waals surface area contributed by atoms with Gasteiger partial charge in [0, 0.05) is 28.2 Å². The number of H-pyrrole nitrogens is 2. The average molecular weight is 575 g/mol. The van der Waals surface area contributed by atoms with Gasteiger partial charge in [-0.05, 0) is 117 Å². The summed E-state index contributed by atoms with van der Waals surface area (Å²) in [5.41, 5.74) is 8.25. The molecule has 0 radical (unpaired) electrons.